The fraction of sp³-hybridized carbons (Fsp3) is 0.903. The van der Waals surface area contributed by atoms with Crippen molar-refractivity contribution < 1.29 is 103 Å². The Labute approximate surface area is 308 Å². The van der Waals surface area contributed by atoms with Crippen LogP contribution < -0.4 is 10.6 Å². The molecule has 0 spiro atoms. The Bertz CT molecular complexity index is 1240. The van der Waals surface area contributed by atoms with Gasteiger partial charge >= 0.3 is 0 Å². The number of aliphatic hydroxyl groups is 10. The topological polar surface area (TPSA) is 351 Å². The van der Waals surface area contributed by atoms with E-state index in [1.165, 1.54) is 13.8 Å². The van der Waals surface area contributed by atoms with Crippen molar-refractivity contribution >= 4 is 18.1 Å². The smallest absolute Gasteiger partial charge is 0.217 e. The van der Waals surface area contributed by atoms with Crippen molar-refractivity contribution in [1.29, 1.82) is 0 Å². The average Bonchev–Trinajstić information content (AvgIpc) is 3.13. The average molecular weight is 789 g/mol. The Kier molecular flexibility index (Phi) is 16.0. The van der Waals surface area contributed by atoms with Gasteiger partial charge in [-0.3, -0.25) is 9.59 Å². The van der Waals surface area contributed by atoms with Gasteiger partial charge in [0, 0.05) is 13.8 Å². The van der Waals surface area contributed by atoms with E-state index in [1.54, 1.807) is 0 Å². The molecule has 0 aliphatic carbocycles. The van der Waals surface area contributed by atoms with E-state index in [0.29, 0.717) is 0 Å². The maximum Gasteiger partial charge on any atom is 0.217 e. The second-order valence-corrected chi connectivity index (χ2v) is 13.6. The lowest BCUT2D eigenvalue weighted by Crippen LogP contribution is -2.70. The Balaban J connectivity index is 1.76. The number of carbonyl (C=O) groups excluding carboxylic acids is 3. The number of carbonyl (C=O) groups is 3. The van der Waals surface area contributed by atoms with E-state index >= 15 is 0 Å². The normalized spacial score (nSPS) is 46.3. The van der Waals surface area contributed by atoms with Crippen molar-refractivity contribution in [2.24, 2.45) is 0 Å². The lowest BCUT2D eigenvalue weighted by molar-refractivity contribution is -0.386. The molecule has 2 amide bonds. The molecule has 312 valence electrons. The molecule has 21 atom stereocenters. The van der Waals surface area contributed by atoms with Gasteiger partial charge in [0.05, 0.1) is 32.0 Å². The van der Waals surface area contributed by atoms with Gasteiger partial charge in [-0.15, -0.1) is 0 Å². The fourth-order valence-corrected chi connectivity index (χ4v) is 6.60. The van der Waals surface area contributed by atoms with Gasteiger partial charge in [-0.2, -0.15) is 0 Å². The molecule has 0 radical (unpaired) electrons. The van der Waals surface area contributed by atoms with Crippen molar-refractivity contribution in [2.75, 3.05) is 19.8 Å². The minimum absolute atomic E-state index is 0.230. The summed E-state index contributed by atoms with van der Waals surface area (Å²) in [5.41, 5.74) is 0. The van der Waals surface area contributed by atoms with Gasteiger partial charge < -0.3 is 104 Å². The molecule has 4 aliphatic rings. The lowest BCUT2D eigenvalue weighted by atomic mass is 9.94. The Hall–Kier alpha value is -2.11. The number of hydrogen-bond donors (Lipinski definition) is 12. The van der Waals surface area contributed by atoms with Gasteiger partial charge in [0.1, 0.15) is 91.4 Å². The molecule has 1 unspecified atom stereocenters. The van der Waals surface area contributed by atoms with Gasteiger partial charge in [-0.1, -0.05) is 0 Å². The van der Waals surface area contributed by atoms with E-state index in [-0.39, 0.29) is 6.29 Å². The number of rotatable bonds is 14. The van der Waals surface area contributed by atoms with Crippen molar-refractivity contribution in [3.8, 4) is 0 Å². The molecule has 54 heavy (non-hydrogen) atoms. The molecule has 4 saturated heterocycles. The summed E-state index contributed by atoms with van der Waals surface area (Å²) >= 11 is 0. The third-order valence-corrected chi connectivity index (χ3v) is 9.56. The first-order valence-corrected chi connectivity index (χ1v) is 17.3. The highest BCUT2D eigenvalue weighted by Crippen LogP contribution is 2.35. The van der Waals surface area contributed by atoms with Gasteiger partial charge in [0.2, 0.25) is 11.8 Å². The molecular weight excluding hydrogens is 736 g/mol. The molecule has 23 heteroatoms. The van der Waals surface area contributed by atoms with E-state index in [9.17, 15) is 65.4 Å². The van der Waals surface area contributed by atoms with Crippen LogP contribution in [0.1, 0.15) is 27.7 Å². The summed E-state index contributed by atoms with van der Waals surface area (Å²) < 4.78 is 46.8. The molecule has 0 saturated carbocycles. The zero-order chi connectivity index (χ0) is 40.2. The van der Waals surface area contributed by atoms with Crippen LogP contribution in [0.15, 0.2) is 0 Å². The molecule has 12 N–H and O–H groups in total. The number of hydrogen-bond acceptors (Lipinski definition) is 21. The Morgan fingerprint density at radius 3 is 1.65 bits per heavy atom. The first-order chi connectivity index (χ1) is 25.5. The van der Waals surface area contributed by atoms with Crippen LogP contribution in [-0.2, 0) is 52.3 Å². The van der Waals surface area contributed by atoms with Crippen LogP contribution >= 0.6 is 0 Å². The van der Waals surface area contributed by atoms with Crippen LogP contribution in [0.25, 0.3) is 0 Å². The molecule has 23 nitrogen and oxygen atoms in total. The third kappa shape index (κ3) is 9.88. The summed E-state index contributed by atoms with van der Waals surface area (Å²) in [6.07, 6.45) is -31.0. The number of ether oxygens (including phenoxy) is 8. The summed E-state index contributed by atoms with van der Waals surface area (Å²) in [5, 5.41) is 110. The van der Waals surface area contributed by atoms with Crippen LogP contribution in [0, 0.1) is 0 Å². The maximum atomic E-state index is 12.5. The molecule has 4 fully saturated rings. The summed E-state index contributed by atoms with van der Waals surface area (Å²) in [6.45, 7) is 2.33. The van der Waals surface area contributed by atoms with Crippen LogP contribution in [0.2, 0.25) is 0 Å². The minimum atomic E-state index is -1.88. The van der Waals surface area contributed by atoms with Gasteiger partial charge in [-0.25, -0.2) is 0 Å². The Morgan fingerprint density at radius 1 is 0.593 bits per heavy atom. The summed E-state index contributed by atoms with van der Waals surface area (Å²) in [6, 6.07) is -3.12. The summed E-state index contributed by atoms with van der Waals surface area (Å²) in [4.78, 5) is 36.4. The number of amides is 2. The highest BCUT2D eigenvalue weighted by Gasteiger charge is 2.56. The summed E-state index contributed by atoms with van der Waals surface area (Å²) in [7, 11) is 0. The highest BCUT2D eigenvalue weighted by atomic mass is 16.8. The molecule has 4 aliphatic heterocycles. The van der Waals surface area contributed by atoms with E-state index < -0.39 is 160 Å². The fourth-order valence-electron chi connectivity index (χ4n) is 6.60. The van der Waals surface area contributed by atoms with E-state index in [4.69, 9.17) is 37.9 Å². The molecular formula is C31H52N2O21. The standard InChI is InChI=1S/C31H52N2O21/c1-9-18(40)23(45)24(46)30(47-9)52-25-17(33-12(4)39)29(51-15(8-37)21(25)43)54-27-26(19(41)10(2)48-31(27)49-13(5-34)6-35)53-28-16(32-11(3)38)22(44)20(42)14(7-36)50-28/h5,9-10,13-31,35-37,40-46H,6-8H2,1-4H3,(H,32,38)(H,33,39)/t9-,10-,13?,14+,15+,16+,17+,18-,19-,20+,21-,22+,23+,24+,25+,26+,27+,28-,29-,30-,31-/m0/s1. The molecule has 0 bridgehead atoms. The van der Waals surface area contributed by atoms with Gasteiger partial charge in [-0.05, 0) is 13.8 Å². The quantitative estimate of drug-likeness (QED) is 0.0727. The third-order valence-electron chi connectivity index (χ3n) is 9.56. The zero-order valence-corrected chi connectivity index (χ0v) is 29.8. The van der Waals surface area contributed by atoms with E-state index in [1.807, 2.05) is 0 Å². The van der Waals surface area contributed by atoms with Crippen molar-refractivity contribution in [1.82, 2.24) is 10.6 Å². The predicted molar refractivity (Wildman–Crippen MR) is 170 cm³/mol. The monoisotopic (exact) mass is 788 g/mol. The largest absolute Gasteiger partial charge is 0.394 e. The highest BCUT2D eigenvalue weighted by molar-refractivity contribution is 5.73. The van der Waals surface area contributed by atoms with Crippen LogP contribution in [0.4, 0.5) is 0 Å². The predicted octanol–water partition coefficient (Wildman–Crippen LogP) is -7.82. The molecule has 0 aromatic heterocycles. The van der Waals surface area contributed by atoms with Crippen LogP contribution in [-0.4, -0.2) is 218 Å². The van der Waals surface area contributed by atoms with Gasteiger partial charge in [0.15, 0.2) is 31.4 Å². The number of aldehydes is 1. The summed E-state index contributed by atoms with van der Waals surface area (Å²) in [5.74, 6) is -1.45. The van der Waals surface area contributed by atoms with Crippen LogP contribution in [0.5, 0.6) is 0 Å². The number of aliphatic hydroxyl groups excluding tert-OH is 10. The SMILES string of the molecule is CC(=O)N[C@H]1[C@H](O[C@@H]2[C@@H](O)[C@H](C)O[C@@H](OC(C=O)CO)[C@@H]2O[C@@H]2O[C@H](CO)[C@H](O)[C@H](O[C@@H]3O[C@@H](C)[C@H](O)[C@@H](O)[C@H]3O)[C@H]2NC(C)=O)O[C@H](CO)[C@@H](O)[C@@H]1O. The lowest BCUT2D eigenvalue weighted by Gasteiger charge is -2.51. The first-order valence-electron chi connectivity index (χ1n) is 17.3. The molecule has 0 aromatic carbocycles. The minimum Gasteiger partial charge on any atom is -0.394 e. The van der Waals surface area contributed by atoms with E-state index in [2.05, 4.69) is 10.6 Å². The number of nitrogens with one attached hydrogen (secondary N) is 2. The van der Waals surface area contributed by atoms with Crippen LogP contribution in [0.3, 0.4) is 0 Å². The van der Waals surface area contributed by atoms with Crippen molar-refractivity contribution in [3.63, 3.8) is 0 Å². The second kappa shape index (κ2) is 19.4. The first kappa shape index (κ1) is 44.6. The van der Waals surface area contributed by atoms with Gasteiger partial charge in [0.25, 0.3) is 0 Å². The van der Waals surface area contributed by atoms with Crippen molar-refractivity contribution in [2.45, 2.75) is 156 Å². The maximum absolute atomic E-state index is 12.5. The second-order valence-electron chi connectivity index (χ2n) is 13.6. The van der Waals surface area contributed by atoms with Crippen molar-refractivity contribution in [3.05, 3.63) is 0 Å². The Morgan fingerprint density at radius 2 is 1.09 bits per heavy atom. The molecule has 0 aromatic rings. The molecule has 4 heterocycles. The zero-order valence-electron chi connectivity index (χ0n) is 29.8. The van der Waals surface area contributed by atoms with E-state index in [0.717, 1.165) is 13.8 Å². The molecule has 4 rings (SSSR count).